The van der Waals surface area contributed by atoms with Crippen LogP contribution in [0.25, 0.3) is 0 Å². The summed E-state index contributed by atoms with van der Waals surface area (Å²) < 4.78 is 18.5. The Balaban J connectivity index is 1.67. The first-order valence-electron chi connectivity index (χ1n) is 7.40. The lowest BCUT2D eigenvalue weighted by Gasteiger charge is -2.32. The topological polar surface area (TPSA) is 68.2 Å². The minimum Gasteiger partial charge on any atom is -0.458 e. The molecule has 23 heavy (non-hydrogen) atoms. The SMILES string of the molecule is Cc1nc(C)c(C(=O)N2CCC[C@@H](Oc3ncc(F)cn3)C2)s1. The highest BCUT2D eigenvalue weighted by molar-refractivity contribution is 7.13. The van der Waals surface area contributed by atoms with E-state index in [4.69, 9.17) is 4.74 Å². The van der Waals surface area contributed by atoms with Crippen molar-refractivity contribution < 1.29 is 13.9 Å². The maximum atomic E-state index is 12.8. The third-order valence-corrected chi connectivity index (χ3v) is 4.69. The molecule has 0 spiro atoms. The van der Waals surface area contributed by atoms with Crippen molar-refractivity contribution in [3.63, 3.8) is 0 Å². The highest BCUT2D eigenvalue weighted by Crippen LogP contribution is 2.22. The van der Waals surface area contributed by atoms with Crippen LogP contribution in [0.5, 0.6) is 6.01 Å². The quantitative estimate of drug-likeness (QED) is 0.861. The molecule has 8 heteroatoms. The highest BCUT2D eigenvalue weighted by atomic mass is 32.1. The van der Waals surface area contributed by atoms with Crippen LogP contribution in [-0.2, 0) is 0 Å². The fraction of sp³-hybridized carbons (Fsp3) is 0.467. The predicted octanol–water partition coefficient (Wildman–Crippen LogP) is 2.37. The first kappa shape index (κ1) is 15.8. The van der Waals surface area contributed by atoms with Crippen molar-refractivity contribution in [2.24, 2.45) is 0 Å². The average molecular weight is 336 g/mol. The molecule has 0 bridgehead atoms. The molecule has 0 saturated carbocycles. The van der Waals surface area contributed by atoms with E-state index in [1.807, 2.05) is 13.8 Å². The summed E-state index contributed by atoms with van der Waals surface area (Å²) in [5.41, 5.74) is 0.766. The van der Waals surface area contributed by atoms with Gasteiger partial charge in [-0.05, 0) is 26.7 Å². The van der Waals surface area contributed by atoms with Gasteiger partial charge < -0.3 is 9.64 Å². The molecule has 2 aromatic heterocycles. The average Bonchev–Trinajstić information content (AvgIpc) is 2.88. The van der Waals surface area contributed by atoms with E-state index in [0.717, 1.165) is 35.9 Å². The summed E-state index contributed by atoms with van der Waals surface area (Å²) in [7, 11) is 0. The number of rotatable bonds is 3. The molecule has 1 aliphatic rings. The fourth-order valence-electron chi connectivity index (χ4n) is 2.60. The second kappa shape index (κ2) is 6.57. The van der Waals surface area contributed by atoms with E-state index in [1.54, 1.807) is 4.90 Å². The highest BCUT2D eigenvalue weighted by Gasteiger charge is 2.28. The Kier molecular flexibility index (Phi) is 4.51. The Hall–Kier alpha value is -2.09. The molecule has 0 aliphatic carbocycles. The van der Waals surface area contributed by atoms with Crippen molar-refractivity contribution >= 4 is 17.2 Å². The Morgan fingerprint density at radius 2 is 2.13 bits per heavy atom. The van der Waals surface area contributed by atoms with Crippen LogP contribution in [0.2, 0.25) is 0 Å². The van der Waals surface area contributed by atoms with Crippen LogP contribution in [-0.4, -0.2) is 45.0 Å². The molecule has 1 amide bonds. The van der Waals surface area contributed by atoms with Gasteiger partial charge >= 0.3 is 6.01 Å². The number of aromatic nitrogens is 3. The van der Waals surface area contributed by atoms with E-state index in [0.29, 0.717) is 18.0 Å². The molecule has 1 aliphatic heterocycles. The van der Waals surface area contributed by atoms with Crippen molar-refractivity contribution in [2.45, 2.75) is 32.8 Å². The zero-order valence-corrected chi connectivity index (χ0v) is 13.8. The minimum atomic E-state index is -0.506. The lowest BCUT2D eigenvalue weighted by Crippen LogP contribution is -2.44. The van der Waals surface area contributed by atoms with Crippen LogP contribution in [0.1, 0.15) is 33.2 Å². The summed E-state index contributed by atoms with van der Waals surface area (Å²) >= 11 is 1.41. The van der Waals surface area contributed by atoms with E-state index < -0.39 is 5.82 Å². The standard InChI is InChI=1S/C15H17FN4O2S/c1-9-13(23-10(2)19-9)14(21)20-5-3-4-12(8-20)22-15-17-6-11(16)7-18-15/h6-7,12H,3-5,8H2,1-2H3/t12-/m1/s1. The summed E-state index contributed by atoms with van der Waals surface area (Å²) in [6.07, 6.45) is 3.60. The van der Waals surface area contributed by atoms with Crippen molar-refractivity contribution in [3.8, 4) is 6.01 Å². The summed E-state index contributed by atoms with van der Waals surface area (Å²) in [6.45, 7) is 4.90. The monoisotopic (exact) mass is 336 g/mol. The molecule has 0 N–H and O–H groups in total. The first-order chi connectivity index (χ1) is 11.0. The number of aryl methyl sites for hydroxylation is 2. The molecule has 0 unspecified atom stereocenters. The lowest BCUT2D eigenvalue weighted by atomic mass is 10.1. The number of carbonyl (C=O) groups is 1. The Labute approximate surface area is 137 Å². The van der Waals surface area contributed by atoms with Crippen LogP contribution in [0.3, 0.4) is 0 Å². The van der Waals surface area contributed by atoms with Crippen molar-refractivity contribution in [2.75, 3.05) is 13.1 Å². The van der Waals surface area contributed by atoms with Gasteiger partial charge in [-0.1, -0.05) is 0 Å². The molecule has 3 heterocycles. The number of hydrogen-bond donors (Lipinski definition) is 0. The third kappa shape index (κ3) is 3.64. The van der Waals surface area contributed by atoms with Gasteiger partial charge in [0, 0.05) is 6.54 Å². The van der Waals surface area contributed by atoms with Crippen LogP contribution in [0.15, 0.2) is 12.4 Å². The molecule has 6 nitrogen and oxygen atoms in total. The first-order valence-corrected chi connectivity index (χ1v) is 8.22. The molecular formula is C15H17FN4O2S. The largest absolute Gasteiger partial charge is 0.458 e. The summed E-state index contributed by atoms with van der Waals surface area (Å²) in [5.74, 6) is -0.518. The predicted molar refractivity (Wildman–Crippen MR) is 83.1 cm³/mol. The number of thiazole rings is 1. The van der Waals surface area contributed by atoms with E-state index in [-0.39, 0.29) is 18.0 Å². The van der Waals surface area contributed by atoms with E-state index in [9.17, 15) is 9.18 Å². The van der Waals surface area contributed by atoms with Gasteiger partial charge in [0.15, 0.2) is 5.82 Å². The van der Waals surface area contributed by atoms with Gasteiger partial charge in [0.2, 0.25) is 0 Å². The zero-order chi connectivity index (χ0) is 16.4. The van der Waals surface area contributed by atoms with Gasteiger partial charge in [0.05, 0.1) is 29.6 Å². The molecule has 0 aromatic carbocycles. The van der Waals surface area contributed by atoms with Gasteiger partial charge in [-0.25, -0.2) is 19.3 Å². The van der Waals surface area contributed by atoms with Crippen molar-refractivity contribution in [1.82, 2.24) is 19.9 Å². The van der Waals surface area contributed by atoms with E-state index in [2.05, 4.69) is 15.0 Å². The van der Waals surface area contributed by atoms with Crippen LogP contribution in [0, 0.1) is 19.7 Å². The number of ether oxygens (including phenoxy) is 1. The van der Waals surface area contributed by atoms with Gasteiger partial charge in [-0.2, -0.15) is 0 Å². The van der Waals surface area contributed by atoms with Crippen molar-refractivity contribution in [1.29, 1.82) is 0 Å². The molecule has 0 radical (unpaired) electrons. The van der Waals surface area contributed by atoms with Crippen LogP contribution < -0.4 is 4.74 Å². The summed E-state index contributed by atoms with van der Waals surface area (Å²) in [6, 6.07) is 0.135. The lowest BCUT2D eigenvalue weighted by molar-refractivity contribution is 0.0518. The van der Waals surface area contributed by atoms with Gasteiger partial charge in [0.1, 0.15) is 11.0 Å². The maximum Gasteiger partial charge on any atom is 0.316 e. The second-order valence-corrected chi connectivity index (χ2v) is 6.67. The second-order valence-electron chi connectivity index (χ2n) is 5.46. The number of piperidine rings is 1. The van der Waals surface area contributed by atoms with Crippen LogP contribution in [0.4, 0.5) is 4.39 Å². The third-order valence-electron chi connectivity index (χ3n) is 3.63. The number of likely N-dealkylation sites (tertiary alicyclic amines) is 1. The van der Waals surface area contributed by atoms with Gasteiger partial charge in [-0.15, -0.1) is 11.3 Å². The number of halogens is 1. The molecule has 122 valence electrons. The Morgan fingerprint density at radius 3 is 2.78 bits per heavy atom. The fourth-order valence-corrected chi connectivity index (χ4v) is 3.49. The number of amides is 1. The smallest absolute Gasteiger partial charge is 0.316 e. The molecule has 3 rings (SSSR count). The molecular weight excluding hydrogens is 319 g/mol. The molecule has 1 fully saturated rings. The van der Waals surface area contributed by atoms with E-state index in [1.165, 1.54) is 11.3 Å². The normalized spacial score (nSPS) is 18.0. The van der Waals surface area contributed by atoms with E-state index >= 15 is 0 Å². The molecule has 1 atom stereocenters. The maximum absolute atomic E-state index is 12.8. The molecule has 1 saturated heterocycles. The van der Waals surface area contributed by atoms with Gasteiger partial charge in [0.25, 0.3) is 5.91 Å². The molecule has 2 aromatic rings. The Bertz CT molecular complexity index is 704. The van der Waals surface area contributed by atoms with Crippen molar-refractivity contribution in [3.05, 3.63) is 33.8 Å². The number of hydrogen-bond acceptors (Lipinski definition) is 6. The number of nitrogens with zero attached hydrogens (tertiary/aromatic N) is 4. The van der Waals surface area contributed by atoms with Crippen LogP contribution >= 0.6 is 11.3 Å². The Morgan fingerprint density at radius 1 is 1.39 bits per heavy atom. The zero-order valence-electron chi connectivity index (χ0n) is 13.0. The summed E-state index contributed by atoms with van der Waals surface area (Å²) in [4.78, 5) is 27.0. The number of carbonyl (C=O) groups excluding carboxylic acids is 1. The van der Waals surface area contributed by atoms with Gasteiger partial charge in [-0.3, -0.25) is 4.79 Å². The minimum absolute atomic E-state index is 0.0126. The summed E-state index contributed by atoms with van der Waals surface area (Å²) in [5, 5.41) is 0.885.